The molecule has 5 nitrogen and oxygen atoms in total. The number of benzene rings is 1. The third-order valence-corrected chi connectivity index (χ3v) is 3.87. The van der Waals surface area contributed by atoms with E-state index in [1.165, 1.54) is 24.3 Å². The summed E-state index contributed by atoms with van der Waals surface area (Å²) in [6, 6.07) is 8.96. The molecule has 1 saturated carbocycles. The molecule has 23 heavy (non-hydrogen) atoms. The van der Waals surface area contributed by atoms with Crippen molar-refractivity contribution in [2.75, 3.05) is 10.6 Å². The molecule has 6 heteroatoms. The molecule has 1 fully saturated rings. The second-order valence-electron chi connectivity index (χ2n) is 5.72. The zero-order chi connectivity index (χ0) is 16.4. The summed E-state index contributed by atoms with van der Waals surface area (Å²) in [4.78, 5) is 28.9. The number of hydrogen-bond acceptors (Lipinski definition) is 3. The fourth-order valence-corrected chi connectivity index (χ4v) is 2.24. The van der Waals surface area contributed by atoms with Crippen LogP contribution in [0.3, 0.4) is 0 Å². The predicted octanol–water partition coefficient (Wildman–Crippen LogP) is 2.89. The Hall–Kier alpha value is -2.76. The van der Waals surface area contributed by atoms with Gasteiger partial charge >= 0.3 is 0 Å². The summed E-state index contributed by atoms with van der Waals surface area (Å²) in [5.41, 5.74) is 0.378. The molecule has 0 atom stereocenters. The lowest BCUT2D eigenvalue weighted by molar-refractivity contribution is -0.131. The van der Waals surface area contributed by atoms with Gasteiger partial charge in [0.25, 0.3) is 0 Å². The first-order valence-electron chi connectivity index (χ1n) is 7.31. The first-order chi connectivity index (χ1) is 11.0. The van der Waals surface area contributed by atoms with E-state index in [4.69, 9.17) is 0 Å². The molecule has 1 aliphatic carbocycles. The number of nitrogens with one attached hydrogen (secondary N) is 2. The van der Waals surface area contributed by atoms with Gasteiger partial charge in [-0.2, -0.15) is 0 Å². The van der Waals surface area contributed by atoms with Crippen LogP contribution >= 0.6 is 0 Å². The Kier molecular flexibility index (Phi) is 3.82. The van der Waals surface area contributed by atoms with Crippen molar-refractivity contribution >= 4 is 23.3 Å². The molecule has 2 aromatic rings. The summed E-state index contributed by atoms with van der Waals surface area (Å²) in [6.45, 7) is 1.90. The minimum Gasteiger partial charge on any atom is -0.325 e. The van der Waals surface area contributed by atoms with Crippen LogP contribution in [0.2, 0.25) is 0 Å². The van der Waals surface area contributed by atoms with Crippen LogP contribution in [-0.2, 0) is 9.59 Å². The van der Waals surface area contributed by atoms with Crippen molar-refractivity contribution in [3.63, 3.8) is 0 Å². The minimum atomic E-state index is -1.07. The SMILES string of the molecule is Cc1ccc(NC(=O)C2(C(=O)Nc3ccc(F)cc3)CC2)nc1. The zero-order valence-electron chi connectivity index (χ0n) is 12.6. The van der Waals surface area contributed by atoms with E-state index in [1.807, 2.05) is 13.0 Å². The fourth-order valence-electron chi connectivity index (χ4n) is 2.24. The second-order valence-corrected chi connectivity index (χ2v) is 5.72. The minimum absolute atomic E-state index is 0.367. The summed E-state index contributed by atoms with van der Waals surface area (Å²) in [6.07, 6.45) is 2.61. The number of amides is 2. The lowest BCUT2D eigenvalue weighted by atomic mass is 10.0. The molecule has 1 heterocycles. The Morgan fingerprint density at radius 1 is 1.04 bits per heavy atom. The van der Waals surface area contributed by atoms with Crippen molar-refractivity contribution in [1.82, 2.24) is 4.98 Å². The van der Waals surface area contributed by atoms with E-state index in [-0.39, 0.29) is 17.6 Å². The number of aromatic nitrogens is 1. The maximum absolute atomic E-state index is 12.9. The summed E-state index contributed by atoms with van der Waals surface area (Å²) < 4.78 is 12.9. The van der Waals surface area contributed by atoms with Crippen LogP contribution in [0, 0.1) is 18.2 Å². The summed E-state index contributed by atoms with van der Waals surface area (Å²) in [5, 5.41) is 5.34. The Morgan fingerprint density at radius 2 is 1.70 bits per heavy atom. The maximum Gasteiger partial charge on any atom is 0.241 e. The van der Waals surface area contributed by atoms with Gasteiger partial charge in [-0.05, 0) is 55.7 Å². The number of rotatable bonds is 4. The third kappa shape index (κ3) is 3.21. The lowest BCUT2D eigenvalue weighted by Crippen LogP contribution is -2.35. The Labute approximate surface area is 132 Å². The van der Waals surface area contributed by atoms with E-state index in [9.17, 15) is 14.0 Å². The highest BCUT2D eigenvalue weighted by Gasteiger charge is 2.56. The van der Waals surface area contributed by atoms with E-state index in [2.05, 4.69) is 15.6 Å². The molecule has 118 valence electrons. The van der Waals surface area contributed by atoms with Crippen molar-refractivity contribution in [2.45, 2.75) is 19.8 Å². The normalized spacial score (nSPS) is 14.9. The Morgan fingerprint density at radius 3 is 2.26 bits per heavy atom. The van der Waals surface area contributed by atoms with E-state index in [0.717, 1.165) is 5.56 Å². The van der Waals surface area contributed by atoms with E-state index in [0.29, 0.717) is 24.3 Å². The van der Waals surface area contributed by atoms with Crippen LogP contribution in [0.4, 0.5) is 15.9 Å². The quantitative estimate of drug-likeness (QED) is 0.853. The summed E-state index contributed by atoms with van der Waals surface area (Å²) in [7, 11) is 0. The average molecular weight is 313 g/mol. The Bertz CT molecular complexity index is 676. The molecular weight excluding hydrogens is 297 g/mol. The number of halogens is 1. The van der Waals surface area contributed by atoms with E-state index in [1.54, 1.807) is 12.3 Å². The number of anilines is 2. The van der Waals surface area contributed by atoms with Crippen LogP contribution in [0.5, 0.6) is 0 Å². The van der Waals surface area contributed by atoms with Crippen molar-refractivity contribution in [3.05, 3.63) is 54.0 Å². The molecule has 0 aliphatic heterocycles. The van der Waals surface area contributed by atoms with Crippen LogP contribution in [0.15, 0.2) is 42.6 Å². The lowest BCUT2D eigenvalue weighted by Gasteiger charge is -2.15. The van der Waals surface area contributed by atoms with E-state index >= 15 is 0 Å². The molecule has 0 bridgehead atoms. The van der Waals surface area contributed by atoms with Gasteiger partial charge in [-0.1, -0.05) is 6.07 Å². The number of aryl methyl sites for hydroxylation is 1. The molecule has 0 radical (unpaired) electrons. The maximum atomic E-state index is 12.9. The van der Waals surface area contributed by atoms with Crippen LogP contribution in [0.25, 0.3) is 0 Å². The molecular formula is C17H16FN3O2. The van der Waals surface area contributed by atoms with Gasteiger partial charge in [-0.3, -0.25) is 9.59 Å². The van der Waals surface area contributed by atoms with Crippen molar-refractivity contribution in [2.24, 2.45) is 5.41 Å². The summed E-state index contributed by atoms with van der Waals surface area (Å²) in [5.74, 6) is -0.712. The molecule has 1 aromatic carbocycles. The number of pyridine rings is 1. The highest BCUT2D eigenvalue weighted by atomic mass is 19.1. The van der Waals surface area contributed by atoms with E-state index < -0.39 is 5.41 Å². The van der Waals surface area contributed by atoms with Gasteiger partial charge in [0.2, 0.25) is 11.8 Å². The number of carbonyl (C=O) groups excluding carboxylic acids is 2. The number of nitrogens with zero attached hydrogens (tertiary/aromatic N) is 1. The van der Waals surface area contributed by atoms with Crippen molar-refractivity contribution < 1.29 is 14.0 Å². The van der Waals surface area contributed by atoms with Crippen LogP contribution < -0.4 is 10.6 Å². The molecule has 3 rings (SSSR count). The summed E-state index contributed by atoms with van der Waals surface area (Å²) >= 11 is 0. The first-order valence-corrected chi connectivity index (χ1v) is 7.31. The monoisotopic (exact) mass is 313 g/mol. The smallest absolute Gasteiger partial charge is 0.241 e. The molecule has 1 aromatic heterocycles. The van der Waals surface area contributed by atoms with Gasteiger partial charge in [0.1, 0.15) is 17.1 Å². The highest BCUT2D eigenvalue weighted by molar-refractivity contribution is 6.16. The van der Waals surface area contributed by atoms with Crippen molar-refractivity contribution in [3.8, 4) is 0 Å². The topological polar surface area (TPSA) is 71.1 Å². The van der Waals surface area contributed by atoms with Gasteiger partial charge in [0.15, 0.2) is 0 Å². The standard InChI is InChI=1S/C17H16FN3O2/c1-11-2-7-14(19-10-11)21-16(23)17(8-9-17)15(22)20-13-5-3-12(18)4-6-13/h2-7,10H,8-9H2,1H3,(H,20,22)(H,19,21,23). The average Bonchev–Trinajstić information content (AvgIpc) is 3.34. The van der Waals surface area contributed by atoms with Gasteiger partial charge < -0.3 is 10.6 Å². The highest BCUT2D eigenvalue weighted by Crippen LogP contribution is 2.47. The molecule has 2 amide bonds. The number of hydrogen-bond donors (Lipinski definition) is 2. The number of carbonyl (C=O) groups is 2. The molecule has 0 unspecified atom stereocenters. The third-order valence-electron chi connectivity index (χ3n) is 3.87. The van der Waals surface area contributed by atoms with Gasteiger partial charge in [-0.15, -0.1) is 0 Å². The Balaban J connectivity index is 1.68. The fraction of sp³-hybridized carbons (Fsp3) is 0.235. The predicted molar refractivity (Wildman–Crippen MR) is 84.3 cm³/mol. The van der Waals surface area contributed by atoms with Gasteiger partial charge in [0.05, 0.1) is 0 Å². The van der Waals surface area contributed by atoms with Gasteiger partial charge in [-0.25, -0.2) is 9.37 Å². The molecule has 0 saturated heterocycles. The molecule has 0 spiro atoms. The second kappa shape index (κ2) is 5.79. The van der Waals surface area contributed by atoms with Crippen LogP contribution in [0.1, 0.15) is 18.4 Å². The molecule has 1 aliphatic rings. The zero-order valence-corrected chi connectivity index (χ0v) is 12.6. The first kappa shape index (κ1) is 15.1. The van der Waals surface area contributed by atoms with Crippen LogP contribution in [-0.4, -0.2) is 16.8 Å². The largest absolute Gasteiger partial charge is 0.325 e. The molecule has 2 N–H and O–H groups in total. The van der Waals surface area contributed by atoms with Gasteiger partial charge in [0, 0.05) is 11.9 Å². The van der Waals surface area contributed by atoms with Crippen molar-refractivity contribution in [1.29, 1.82) is 0 Å².